The maximum Gasteiger partial charge on any atom is 0.304 e. The number of nitrogens with one attached hydrogen (secondary N) is 1. The van der Waals surface area contributed by atoms with Crippen molar-refractivity contribution >= 4 is 23.6 Å². The Morgan fingerprint density at radius 2 is 2.35 bits per heavy atom. The topological polar surface area (TPSA) is 69.6 Å². The third kappa shape index (κ3) is 5.11. The number of nitrogens with zero attached hydrogens (tertiary/aromatic N) is 1. The molecule has 0 bridgehead atoms. The standard InChI is InChI=1S/C11H16N2O3S/c1-2-3-12-10(14)7-13-4-5-17-8-9(13)6-11(15)16/h1,9H,3-8H2,(H,12,14)(H,15,16). The first-order chi connectivity index (χ1) is 8.13. The van der Waals surface area contributed by atoms with Crippen LogP contribution in [0.4, 0.5) is 0 Å². The highest BCUT2D eigenvalue weighted by molar-refractivity contribution is 7.99. The van der Waals surface area contributed by atoms with Gasteiger partial charge in [-0.15, -0.1) is 6.42 Å². The van der Waals surface area contributed by atoms with E-state index in [0.717, 1.165) is 18.1 Å². The van der Waals surface area contributed by atoms with Gasteiger partial charge in [0.1, 0.15) is 0 Å². The van der Waals surface area contributed by atoms with Gasteiger partial charge in [-0.05, 0) is 0 Å². The molecule has 1 rings (SSSR count). The number of rotatable bonds is 5. The predicted molar refractivity (Wildman–Crippen MR) is 66.8 cm³/mol. The van der Waals surface area contributed by atoms with Crippen LogP contribution in [0.2, 0.25) is 0 Å². The third-order valence-electron chi connectivity index (χ3n) is 2.49. The van der Waals surface area contributed by atoms with Gasteiger partial charge in [-0.2, -0.15) is 11.8 Å². The number of amides is 1. The van der Waals surface area contributed by atoms with Gasteiger partial charge in [0, 0.05) is 24.1 Å². The van der Waals surface area contributed by atoms with Gasteiger partial charge in [-0.1, -0.05) is 5.92 Å². The molecule has 0 saturated carbocycles. The fraction of sp³-hybridized carbons (Fsp3) is 0.636. The summed E-state index contributed by atoms with van der Waals surface area (Å²) in [4.78, 5) is 24.1. The number of hydrogen-bond donors (Lipinski definition) is 2. The van der Waals surface area contributed by atoms with Crippen LogP contribution >= 0.6 is 11.8 Å². The molecular weight excluding hydrogens is 240 g/mol. The second kappa shape index (κ2) is 7.20. The van der Waals surface area contributed by atoms with Crippen LogP contribution < -0.4 is 5.32 Å². The zero-order valence-corrected chi connectivity index (χ0v) is 10.3. The van der Waals surface area contributed by atoms with Crippen LogP contribution in [0.1, 0.15) is 6.42 Å². The molecule has 1 aliphatic heterocycles. The van der Waals surface area contributed by atoms with E-state index in [1.165, 1.54) is 0 Å². The van der Waals surface area contributed by atoms with E-state index in [-0.39, 0.29) is 31.5 Å². The molecule has 1 atom stereocenters. The van der Waals surface area contributed by atoms with Crippen molar-refractivity contribution < 1.29 is 14.7 Å². The van der Waals surface area contributed by atoms with Gasteiger partial charge in [-0.25, -0.2) is 0 Å². The Hall–Kier alpha value is -1.19. The maximum absolute atomic E-state index is 11.5. The number of thioether (sulfide) groups is 1. The summed E-state index contributed by atoms with van der Waals surface area (Å²) in [5, 5.41) is 11.4. The van der Waals surface area contributed by atoms with Crippen molar-refractivity contribution in [2.24, 2.45) is 0 Å². The summed E-state index contributed by atoms with van der Waals surface area (Å²) >= 11 is 1.72. The quantitative estimate of drug-likeness (QED) is 0.657. The normalized spacial score (nSPS) is 20.5. The van der Waals surface area contributed by atoms with Crippen LogP contribution in [0.5, 0.6) is 0 Å². The van der Waals surface area contributed by atoms with Gasteiger partial charge < -0.3 is 10.4 Å². The van der Waals surface area contributed by atoms with E-state index in [1.54, 1.807) is 11.8 Å². The number of aliphatic carboxylic acids is 1. The molecule has 1 fully saturated rings. The van der Waals surface area contributed by atoms with Gasteiger partial charge in [0.25, 0.3) is 0 Å². The first-order valence-electron chi connectivity index (χ1n) is 5.37. The van der Waals surface area contributed by atoms with Gasteiger partial charge in [0.15, 0.2) is 0 Å². The number of terminal acetylenes is 1. The van der Waals surface area contributed by atoms with Crippen LogP contribution in [0, 0.1) is 12.3 Å². The Balaban J connectivity index is 2.45. The monoisotopic (exact) mass is 256 g/mol. The van der Waals surface area contributed by atoms with Crippen LogP contribution in [0.25, 0.3) is 0 Å². The Labute approximate surface area is 105 Å². The number of carbonyl (C=O) groups is 2. The van der Waals surface area contributed by atoms with Crippen molar-refractivity contribution in [1.82, 2.24) is 10.2 Å². The van der Waals surface area contributed by atoms with Crippen LogP contribution in [0.15, 0.2) is 0 Å². The van der Waals surface area contributed by atoms with Crippen molar-refractivity contribution in [3.05, 3.63) is 0 Å². The Morgan fingerprint density at radius 3 is 3.00 bits per heavy atom. The van der Waals surface area contributed by atoms with Crippen molar-refractivity contribution in [2.45, 2.75) is 12.5 Å². The van der Waals surface area contributed by atoms with E-state index < -0.39 is 5.97 Å². The molecule has 5 nitrogen and oxygen atoms in total. The molecule has 2 N–H and O–H groups in total. The summed E-state index contributed by atoms with van der Waals surface area (Å²) in [7, 11) is 0. The lowest BCUT2D eigenvalue weighted by Gasteiger charge is -2.33. The molecule has 1 heterocycles. The van der Waals surface area contributed by atoms with Crippen molar-refractivity contribution in [1.29, 1.82) is 0 Å². The van der Waals surface area contributed by atoms with Crippen molar-refractivity contribution in [2.75, 3.05) is 31.1 Å². The Morgan fingerprint density at radius 1 is 1.59 bits per heavy atom. The molecule has 0 aromatic rings. The molecule has 17 heavy (non-hydrogen) atoms. The molecular formula is C11H16N2O3S. The minimum atomic E-state index is -0.827. The molecule has 94 valence electrons. The fourth-order valence-corrected chi connectivity index (χ4v) is 2.81. The second-order valence-electron chi connectivity index (χ2n) is 3.78. The number of carboxylic acid groups (broad SMARTS) is 1. The van der Waals surface area contributed by atoms with Gasteiger partial charge >= 0.3 is 5.97 Å². The third-order valence-corrected chi connectivity index (χ3v) is 3.59. The lowest BCUT2D eigenvalue weighted by molar-refractivity contribution is -0.138. The first kappa shape index (κ1) is 13.9. The summed E-state index contributed by atoms with van der Waals surface area (Å²) in [5.74, 6) is 3.04. The zero-order chi connectivity index (χ0) is 12.7. The summed E-state index contributed by atoms with van der Waals surface area (Å²) in [5.41, 5.74) is 0. The molecule has 0 aliphatic carbocycles. The number of carboxylic acids is 1. The van der Waals surface area contributed by atoms with Gasteiger partial charge in [-0.3, -0.25) is 14.5 Å². The second-order valence-corrected chi connectivity index (χ2v) is 4.93. The van der Waals surface area contributed by atoms with E-state index >= 15 is 0 Å². The smallest absolute Gasteiger partial charge is 0.304 e. The Kier molecular flexibility index (Phi) is 5.87. The summed E-state index contributed by atoms with van der Waals surface area (Å²) in [6.07, 6.45) is 5.12. The van der Waals surface area contributed by atoms with Crippen LogP contribution in [-0.2, 0) is 9.59 Å². The highest BCUT2D eigenvalue weighted by Crippen LogP contribution is 2.18. The Bertz CT molecular complexity index is 327. The molecule has 0 spiro atoms. The van der Waals surface area contributed by atoms with Gasteiger partial charge in [0.2, 0.25) is 5.91 Å². The molecule has 0 aromatic heterocycles. The summed E-state index contributed by atoms with van der Waals surface area (Å²) in [6, 6.07) is -0.0668. The molecule has 0 aromatic carbocycles. The predicted octanol–water partition coefficient (Wildman–Crippen LogP) is -0.372. The molecule has 1 unspecified atom stereocenters. The summed E-state index contributed by atoms with van der Waals surface area (Å²) < 4.78 is 0. The minimum absolute atomic E-state index is 0.0668. The highest BCUT2D eigenvalue weighted by atomic mass is 32.2. The van der Waals surface area contributed by atoms with Crippen molar-refractivity contribution in [3.8, 4) is 12.3 Å². The fourth-order valence-electron chi connectivity index (χ4n) is 1.68. The highest BCUT2D eigenvalue weighted by Gasteiger charge is 2.26. The average molecular weight is 256 g/mol. The van der Waals surface area contributed by atoms with E-state index in [0.29, 0.717) is 0 Å². The van der Waals surface area contributed by atoms with Crippen molar-refractivity contribution in [3.63, 3.8) is 0 Å². The molecule has 1 amide bonds. The van der Waals surface area contributed by atoms with E-state index in [4.69, 9.17) is 11.5 Å². The lowest BCUT2D eigenvalue weighted by Crippen LogP contribution is -2.48. The zero-order valence-electron chi connectivity index (χ0n) is 9.52. The minimum Gasteiger partial charge on any atom is -0.481 e. The molecule has 1 saturated heterocycles. The molecule has 6 heteroatoms. The lowest BCUT2D eigenvalue weighted by atomic mass is 10.2. The number of carbonyl (C=O) groups excluding carboxylic acids is 1. The summed E-state index contributed by atoms with van der Waals surface area (Å²) in [6.45, 7) is 1.18. The molecule has 1 aliphatic rings. The average Bonchev–Trinajstić information content (AvgIpc) is 2.28. The van der Waals surface area contributed by atoms with Gasteiger partial charge in [0.05, 0.1) is 19.5 Å². The SMILES string of the molecule is C#CCNC(=O)CN1CCSCC1CC(=O)O. The number of hydrogen-bond acceptors (Lipinski definition) is 4. The van der Waals surface area contributed by atoms with Crippen LogP contribution in [-0.4, -0.2) is 59.1 Å². The van der Waals surface area contributed by atoms with E-state index in [2.05, 4.69) is 11.2 Å². The van der Waals surface area contributed by atoms with E-state index in [9.17, 15) is 9.59 Å². The van der Waals surface area contributed by atoms with Crippen LogP contribution in [0.3, 0.4) is 0 Å². The molecule has 0 radical (unpaired) electrons. The first-order valence-corrected chi connectivity index (χ1v) is 6.52. The largest absolute Gasteiger partial charge is 0.481 e. The van der Waals surface area contributed by atoms with E-state index in [1.807, 2.05) is 4.90 Å². The maximum atomic E-state index is 11.5.